The summed E-state index contributed by atoms with van der Waals surface area (Å²) >= 11 is 6.46. The summed E-state index contributed by atoms with van der Waals surface area (Å²) in [6.07, 6.45) is 0.534. The van der Waals surface area contributed by atoms with Gasteiger partial charge in [-0.25, -0.2) is 4.79 Å². The van der Waals surface area contributed by atoms with E-state index in [9.17, 15) is 14.4 Å². The fourth-order valence-electron chi connectivity index (χ4n) is 4.49. The van der Waals surface area contributed by atoms with Gasteiger partial charge in [0.1, 0.15) is 17.7 Å². The van der Waals surface area contributed by atoms with Crippen LogP contribution in [0.15, 0.2) is 42.5 Å². The monoisotopic (exact) mass is 571 g/mol. The van der Waals surface area contributed by atoms with Crippen molar-refractivity contribution in [2.75, 3.05) is 5.32 Å². The van der Waals surface area contributed by atoms with Crippen molar-refractivity contribution in [3.63, 3.8) is 0 Å². The van der Waals surface area contributed by atoms with Crippen LogP contribution in [0, 0.1) is 12.8 Å². The molecule has 2 aromatic carbocycles. The van der Waals surface area contributed by atoms with E-state index in [4.69, 9.17) is 16.3 Å². The topological polar surface area (TPSA) is 87.7 Å². The number of aryl methyl sites for hydroxylation is 2. The predicted octanol–water partition coefficient (Wildman–Crippen LogP) is 7.46. The van der Waals surface area contributed by atoms with E-state index in [0.29, 0.717) is 22.7 Å². The lowest BCUT2D eigenvalue weighted by atomic mass is 9.93. The van der Waals surface area contributed by atoms with Crippen LogP contribution in [0.3, 0.4) is 0 Å². The van der Waals surface area contributed by atoms with Gasteiger partial charge >= 0.3 is 6.09 Å². The summed E-state index contributed by atoms with van der Waals surface area (Å²) in [5, 5.41) is 6.18. The summed E-state index contributed by atoms with van der Waals surface area (Å²) in [6.45, 7) is 18.8. The van der Waals surface area contributed by atoms with Gasteiger partial charge in [-0.2, -0.15) is 0 Å². The van der Waals surface area contributed by atoms with Crippen LogP contribution in [0.4, 0.5) is 10.5 Å². The molecule has 40 heavy (non-hydrogen) atoms. The lowest BCUT2D eigenvalue weighted by Crippen LogP contribution is -2.58. The second-order valence-electron chi connectivity index (χ2n) is 12.6. The third-order valence-corrected chi connectivity index (χ3v) is 6.65. The van der Waals surface area contributed by atoms with Gasteiger partial charge in [0.25, 0.3) is 5.91 Å². The van der Waals surface area contributed by atoms with Crippen molar-refractivity contribution in [1.29, 1.82) is 0 Å². The van der Waals surface area contributed by atoms with Gasteiger partial charge in [-0.1, -0.05) is 68.8 Å². The number of anilines is 1. The number of nitrogens with one attached hydrogen (secondary N) is 2. The van der Waals surface area contributed by atoms with E-state index in [2.05, 4.69) is 17.6 Å². The van der Waals surface area contributed by atoms with E-state index >= 15 is 0 Å². The van der Waals surface area contributed by atoms with Crippen LogP contribution in [0.5, 0.6) is 0 Å². The average molecular weight is 572 g/mol. The number of ether oxygens (including phenoxy) is 1. The highest BCUT2D eigenvalue weighted by atomic mass is 35.5. The first-order valence-electron chi connectivity index (χ1n) is 13.9. The molecule has 7 nitrogen and oxygen atoms in total. The number of benzene rings is 2. The van der Waals surface area contributed by atoms with Gasteiger partial charge in [0.2, 0.25) is 5.91 Å². The third-order valence-electron chi connectivity index (χ3n) is 6.34. The van der Waals surface area contributed by atoms with Gasteiger partial charge in [0.05, 0.1) is 10.7 Å². The molecule has 2 atom stereocenters. The minimum atomic E-state index is -0.996. The first kappa shape index (κ1) is 33.1. The highest BCUT2D eigenvalue weighted by molar-refractivity contribution is 6.34. The van der Waals surface area contributed by atoms with E-state index < -0.39 is 35.2 Å². The van der Waals surface area contributed by atoms with Gasteiger partial charge in [-0.15, -0.1) is 0 Å². The number of alkyl carbamates (subject to hydrolysis) is 1. The molecule has 0 aliphatic carbocycles. The molecular formula is C32H46ClN3O4. The maximum Gasteiger partial charge on any atom is 0.408 e. The molecular weight excluding hydrogens is 526 g/mol. The standard InChI is InChI=1S/C32H46ClN3O4/c1-11-22-15-17-23(18-16-22)27(28(37)35-26-21(4)13-12-14-24(26)33)36(31(5,6)7)29(38)25(19-20(2)3)34-30(39)40-32(8,9)10/h12-18,20,25,27H,11,19H2,1-10H3,(H,34,39)(H,35,37). The number of amides is 3. The van der Waals surface area contributed by atoms with Crippen LogP contribution < -0.4 is 10.6 Å². The van der Waals surface area contributed by atoms with Crippen LogP contribution in [0.2, 0.25) is 5.02 Å². The first-order chi connectivity index (χ1) is 18.4. The summed E-state index contributed by atoms with van der Waals surface area (Å²) in [5.74, 6) is -0.681. The minimum absolute atomic E-state index is 0.0904. The maximum atomic E-state index is 14.4. The van der Waals surface area contributed by atoms with Gasteiger partial charge in [-0.3, -0.25) is 9.59 Å². The molecule has 0 aliphatic rings. The SMILES string of the molecule is CCc1ccc(C(C(=O)Nc2c(C)cccc2Cl)N(C(=O)C(CC(C)C)NC(=O)OC(C)(C)C)C(C)(C)C)cc1. The Balaban J connectivity index is 2.64. The highest BCUT2D eigenvalue weighted by Gasteiger charge is 2.42. The van der Waals surface area contributed by atoms with Crippen LogP contribution >= 0.6 is 11.6 Å². The Morgan fingerprint density at radius 3 is 2.05 bits per heavy atom. The number of para-hydroxylation sites is 1. The number of nitrogens with zero attached hydrogens (tertiary/aromatic N) is 1. The highest BCUT2D eigenvalue weighted by Crippen LogP contribution is 2.34. The van der Waals surface area contributed by atoms with Crippen LogP contribution in [0.1, 0.15) is 91.5 Å². The smallest absolute Gasteiger partial charge is 0.408 e. The van der Waals surface area contributed by atoms with E-state index in [-0.39, 0.29) is 11.8 Å². The Kier molecular flexibility index (Phi) is 11.2. The lowest BCUT2D eigenvalue weighted by molar-refractivity contribution is -0.147. The predicted molar refractivity (Wildman–Crippen MR) is 163 cm³/mol. The summed E-state index contributed by atoms with van der Waals surface area (Å²) in [5.41, 5.74) is 1.55. The zero-order chi connectivity index (χ0) is 30.4. The quantitative estimate of drug-likeness (QED) is 0.327. The van der Waals surface area contributed by atoms with E-state index in [1.54, 1.807) is 31.7 Å². The van der Waals surface area contributed by atoms with Crippen molar-refractivity contribution in [3.8, 4) is 0 Å². The van der Waals surface area contributed by atoms with Crippen molar-refractivity contribution in [2.24, 2.45) is 5.92 Å². The van der Waals surface area contributed by atoms with E-state index in [1.165, 1.54) is 0 Å². The van der Waals surface area contributed by atoms with Gasteiger partial charge < -0.3 is 20.3 Å². The summed E-state index contributed by atoms with van der Waals surface area (Å²) in [4.78, 5) is 42.9. The molecule has 0 saturated carbocycles. The van der Waals surface area contributed by atoms with Crippen molar-refractivity contribution in [1.82, 2.24) is 10.2 Å². The number of carbonyl (C=O) groups excluding carboxylic acids is 3. The van der Waals surface area contributed by atoms with Gasteiger partial charge in [0, 0.05) is 5.54 Å². The normalized spacial score (nSPS) is 13.4. The number of hydrogen-bond donors (Lipinski definition) is 2. The van der Waals surface area contributed by atoms with Crippen molar-refractivity contribution < 1.29 is 19.1 Å². The summed E-state index contributed by atoms with van der Waals surface area (Å²) in [6, 6.07) is 11.2. The molecule has 0 spiro atoms. The maximum absolute atomic E-state index is 14.4. The second-order valence-corrected chi connectivity index (χ2v) is 13.0. The molecule has 2 unspecified atom stereocenters. The minimum Gasteiger partial charge on any atom is -0.444 e. The number of hydrogen-bond acceptors (Lipinski definition) is 4. The summed E-state index contributed by atoms with van der Waals surface area (Å²) in [7, 11) is 0. The molecule has 0 aliphatic heterocycles. The molecule has 8 heteroatoms. The van der Waals surface area contributed by atoms with Gasteiger partial charge in [-0.05, 0) is 90.0 Å². The number of carbonyl (C=O) groups is 3. The zero-order valence-electron chi connectivity index (χ0n) is 25.6. The van der Waals surface area contributed by atoms with Crippen LogP contribution in [-0.2, 0) is 20.7 Å². The van der Waals surface area contributed by atoms with Gasteiger partial charge in [0.15, 0.2) is 0 Å². The Hall–Kier alpha value is -3.06. The molecule has 0 heterocycles. The molecule has 0 saturated heterocycles. The van der Waals surface area contributed by atoms with Crippen LogP contribution in [0.25, 0.3) is 0 Å². The molecule has 3 amide bonds. The molecule has 0 radical (unpaired) electrons. The van der Waals surface area contributed by atoms with Crippen molar-refractivity contribution in [2.45, 2.75) is 105 Å². The van der Waals surface area contributed by atoms with Crippen LogP contribution in [-0.4, -0.2) is 40.0 Å². The fraction of sp³-hybridized carbons (Fsp3) is 0.531. The van der Waals surface area contributed by atoms with Crippen molar-refractivity contribution >= 4 is 35.2 Å². The second kappa shape index (κ2) is 13.5. The Bertz CT molecular complexity index is 1160. The van der Waals surface area contributed by atoms with E-state index in [0.717, 1.165) is 17.5 Å². The third kappa shape index (κ3) is 9.26. The average Bonchev–Trinajstić information content (AvgIpc) is 2.81. The molecule has 2 rings (SSSR count). The van der Waals surface area contributed by atoms with Crippen molar-refractivity contribution in [3.05, 3.63) is 64.2 Å². The molecule has 0 fully saturated rings. The lowest BCUT2D eigenvalue weighted by Gasteiger charge is -2.43. The Labute approximate surface area is 245 Å². The Morgan fingerprint density at radius 1 is 0.975 bits per heavy atom. The molecule has 2 aromatic rings. The fourth-order valence-corrected chi connectivity index (χ4v) is 4.76. The zero-order valence-corrected chi connectivity index (χ0v) is 26.4. The van der Waals surface area contributed by atoms with E-state index in [1.807, 2.05) is 77.9 Å². The largest absolute Gasteiger partial charge is 0.444 e. The first-order valence-corrected chi connectivity index (χ1v) is 14.3. The molecule has 220 valence electrons. The molecule has 0 bridgehead atoms. The molecule has 0 aromatic heterocycles. The number of rotatable bonds is 9. The summed E-state index contributed by atoms with van der Waals surface area (Å²) < 4.78 is 5.47. The number of halogens is 1. The Morgan fingerprint density at radius 2 is 1.57 bits per heavy atom. The molecule has 2 N–H and O–H groups in total.